The molecule has 1 heterocycles. The van der Waals surface area contributed by atoms with Crippen molar-refractivity contribution in [1.82, 2.24) is 4.57 Å². The number of carbonyl (C=O) groups excluding carboxylic acids is 1. The SMILES string of the molecule is NS(=O)(=O)c1cc(NC(=O)Cc2ccccc2Cl)ccc1-n1cccc(Cl)c1=O. The standard InChI is InChI=1S/C19H15Cl2N3O4S/c20-14-5-2-1-4-12(14)10-18(25)23-13-7-8-16(17(11-13)29(22,27)28)24-9-3-6-15(21)19(24)26/h1-9,11H,10H2,(H,23,25)(H2,22,27,28). The van der Waals surface area contributed by atoms with Gasteiger partial charge in [-0.3, -0.25) is 14.2 Å². The summed E-state index contributed by atoms with van der Waals surface area (Å²) in [5.41, 5.74) is 0.240. The third-order valence-corrected chi connectivity index (χ3v) is 5.62. The van der Waals surface area contributed by atoms with E-state index in [0.29, 0.717) is 10.6 Å². The van der Waals surface area contributed by atoms with Crippen molar-refractivity contribution in [3.63, 3.8) is 0 Å². The predicted octanol–water partition coefficient (Wildman–Crippen LogP) is 2.97. The third kappa shape index (κ3) is 4.86. The van der Waals surface area contributed by atoms with Gasteiger partial charge in [0, 0.05) is 16.9 Å². The van der Waals surface area contributed by atoms with E-state index in [0.717, 1.165) is 4.57 Å². The molecule has 0 aliphatic carbocycles. The molecule has 0 fully saturated rings. The molecule has 0 aliphatic heterocycles. The molecular weight excluding hydrogens is 437 g/mol. The zero-order valence-electron chi connectivity index (χ0n) is 14.8. The lowest BCUT2D eigenvalue weighted by Gasteiger charge is -2.13. The van der Waals surface area contributed by atoms with Gasteiger partial charge in [-0.2, -0.15) is 0 Å². The molecule has 10 heteroatoms. The molecule has 0 aliphatic rings. The van der Waals surface area contributed by atoms with Gasteiger partial charge in [-0.05, 0) is 42.0 Å². The minimum absolute atomic E-state index is 0.000115. The molecule has 150 valence electrons. The molecule has 3 rings (SSSR count). The Morgan fingerprint density at radius 2 is 1.72 bits per heavy atom. The summed E-state index contributed by atoms with van der Waals surface area (Å²) in [5, 5.41) is 8.29. The van der Waals surface area contributed by atoms with Crippen LogP contribution in [0.25, 0.3) is 5.69 Å². The summed E-state index contributed by atoms with van der Waals surface area (Å²) in [4.78, 5) is 24.2. The van der Waals surface area contributed by atoms with E-state index >= 15 is 0 Å². The molecule has 0 unspecified atom stereocenters. The Morgan fingerprint density at radius 1 is 1.03 bits per heavy atom. The number of anilines is 1. The number of nitrogens with one attached hydrogen (secondary N) is 1. The number of hydrogen-bond acceptors (Lipinski definition) is 4. The molecule has 2 aromatic carbocycles. The van der Waals surface area contributed by atoms with E-state index < -0.39 is 21.5 Å². The average molecular weight is 452 g/mol. The van der Waals surface area contributed by atoms with Gasteiger partial charge in [-0.15, -0.1) is 0 Å². The molecule has 0 bridgehead atoms. The molecule has 29 heavy (non-hydrogen) atoms. The second-order valence-corrected chi connectivity index (χ2v) is 8.42. The first-order valence-electron chi connectivity index (χ1n) is 8.24. The smallest absolute Gasteiger partial charge is 0.273 e. The van der Waals surface area contributed by atoms with Gasteiger partial charge in [0.15, 0.2) is 0 Å². The lowest BCUT2D eigenvalue weighted by Crippen LogP contribution is -2.23. The zero-order chi connectivity index (χ0) is 21.2. The van der Waals surface area contributed by atoms with Gasteiger partial charge in [0.25, 0.3) is 5.56 Å². The van der Waals surface area contributed by atoms with Crippen LogP contribution in [0.3, 0.4) is 0 Å². The lowest BCUT2D eigenvalue weighted by molar-refractivity contribution is -0.115. The minimum atomic E-state index is -4.21. The second-order valence-electron chi connectivity index (χ2n) is 6.08. The van der Waals surface area contributed by atoms with Gasteiger partial charge < -0.3 is 5.32 Å². The van der Waals surface area contributed by atoms with Crippen molar-refractivity contribution in [3.05, 3.63) is 86.8 Å². The first-order valence-corrected chi connectivity index (χ1v) is 10.5. The highest BCUT2D eigenvalue weighted by Crippen LogP contribution is 2.23. The van der Waals surface area contributed by atoms with Gasteiger partial charge in [0.1, 0.15) is 9.92 Å². The topological polar surface area (TPSA) is 111 Å². The lowest BCUT2D eigenvalue weighted by atomic mass is 10.1. The number of sulfonamides is 1. The Labute approximate surface area is 176 Å². The van der Waals surface area contributed by atoms with E-state index in [9.17, 15) is 18.0 Å². The van der Waals surface area contributed by atoms with Crippen LogP contribution in [0.1, 0.15) is 5.56 Å². The fraction of sp³-hybridized carbons (Fsp3) is 0.0526. The number of nitrogens with zero attached hydrogens (tertiary/aromatic N) is 1. The van der Waals surface area contributed by atoms with E-state index in [1.165, 1.54) is 36.5 Å². The summed E-state index contributed by atoms with van der Waals surface area (Å²) >= 11 is 11.9. The minimum Gasteiger partial charge on any atom is -0.326 e. The number of aromatic nitrogens is 1. The van der Waals surface area contributed by atoms with Gasteiger partial charge in [-0.25, -0.2) is 13.6 Å². The van der Waals surface area contributed by atoms with Crippen LogP contribution < -0.4 is 16.0 Å². The van der Waals surface area contributed by atoms with Crippen LogP contribution in [0.2, 0.25) is 10.0 Å². The Kier molecular flexibility index (Phi) is 6.09. The van der Waals surface area contributed by atoms with Crippen LogP contribution >= 0.6 is 23.2 Å². The summed E-state index contributed by atoms with van der Waals surface area (Å²) in [6.45, 7) is 0. The number of benzene rings is 2. The molecular formula is C19H15Cl2N3O4S. The first-order chi connectivity index (χ1) is 13.7. The summed E-state index contributed by atoms with van der Waals surface area (Å²) in [6.07, 6.45) is 1.37. The highest BCUT2D eigenvalue weighted by molar-refractivity contribution is 7.89. The monoisotopic (exact) mass is 451 g/mol. The maximum Gasteiger partial charge on any atom is 0.273 e. The number of pyridine rings is 1. The highest BCUT2D eigenvalue weighted by atomic mass is 35.5. The highest BCUT2D eigenvalue weighted by Gasteiger charge is 2.18. The maximum atomic E-state index is 12.3. The number of amides is 1. The van der Waals surface area contributed by atoms with E-state index in [4.69, 9.17) is 28.3 Å². The van der Waals surface area contributed by atoms with Gasteiger partial charge >= 0.3 is 0 Å². The van der Waals surface area contributed by atoms with Crippen LogP contribution in [-0.4, -0.2) is 18.9 Å². The fourth-order valence-electron chi connectivity index (χ4n) is 2.70. The number of rotatable bonds is 5. The Bertz CT molecular complexity index is 1260. The van der Waals surface area contributed by atoms with Crippen LogP contribution in [0.15, 0.2) is 70.5 Å². The Morgan fingerprint density at radius 3 is 2.41 bits per heavy atom. The summed E-state index contributed by atoms with van der Waals surface area (Å²) in [6, 6.07) is 13.8. The molecule has 0 saturated carbocycles. The second kappa shape index (κ2) is 8.38. The zero-order valence-corrected chi connectivity index (χ0v) is 17.1. The molecule has 3 N–H and O–H groups in total. The summed E-state index contributed by atoms with van der Waals surface area (Å²) in [5.74, 6) is -0.397. The molecule has 7 nitrogen and oxygen atoms in total. The van der Waals surface area contributed by atoms with Gasteiger partial charge in [0.05, 0.1) is 12.1 Å². The molecule has 0 saturated heterocycles. The van der Waals surface area contributed by atoms with E-state index in [-0.39, 0.29) is 27.7 Å². The molecule has 1 aromatic heterocycles. The van der Waals surface area contributed by atoms with Crippen molar-refractivity contribution in [2.45, 2.75) is 11.3 Å². The molecule has 0 radical (unpaired) electrons. The van der Waals surface area contributed by atoms with Crippen molar-refractivity contribution in [2.75, 3.05) is 5.32 Å². The molecule has 0 atom stereocenters. The van der Waals surface area contributed by atoms with Crippen molar-refractivity contribution in [3.8, 4) is 5.69 Å². The Hall–Kier alpha value is -2.65. The number of carbonyl (C=O) groups is 1. The molecule has 3 aromatic rings. The Balaban J connectivity index is 1.96. The normalized spacial score (nSPS) is 11.3. The van der Waals surface area contributed by atoms with Crippen molar-refractivity contribution in [1.29, 1.82) is 0 Å². The number of hydrogen-bond donors (Lipinski definition) is 2. The van der Waals surface area contributed by atoms with E-state index in [2.05, 4.69) is 5.32 Å². The van der Waals surface area contributed by atoms with Crippen LogP contribution in [-0.2, 0) is 21.2 Å². The van der Waals surface area contributed by atoms with Crippen LogP contribution in [0.5, 0.6) is 0 Å². The van der Waals surface area contributed by atoms with Crippen molar-refractivity contribution >= 4 is 44.8 Å². The van der Waals surface area contributed by atoms with E-state index in [1.807, 2.05) is 0 Å². The molecule has 0 spiro atoms. The number of halogens is 2. The van der Waals surface area contributed by atoms with E-state index in [1.54, 1.807) is 24.3 Å². The van der Waals surface area contributed by atoms with Crippen LogP contribution in [0, 0.1) is 0 Å². The van der Waals surface area contributed by atoms with Crippen molar-refractivity contribution in [2.24, 2.45) is 5.14 Å². The maximum absolute atomic E-state index is 12.3. The van der Waals surface area contributed by atoms with Crippen molar-refractivity contribution < 1.29 is 13.2 Å². The number of nitrogens with two attached hydrogens (primary N) is 1. The molecule has 1 amide bonds. The van der Waals surface area contributed by atoms with Gasteiger partial charge in [0.2, 0.25) is 15.9 Å². The largest absolute Gasteiger partial charge is 0.326 e. The first kappa shape index (κ1) is 21.1. The predicted molar refractivity (Wildman–Crippen MR) is 112 cm³/mol. The average Bonchev–Trinajstić information content (AvgIpc) is 2.65. The fourth-order valence-corrected chi connectivity index (χ4v) is 3.81. The van der Waals surface area contributed by atoms with Crippen LogP contribution in [0.4, 0.5) is 5.69 Å². The number of primary sulfonamides is 1. The quantitative estimate of drug-likeness (QED) is 0.620. The third-order valence-electron chi connectivity index (χ3n) is 4.02. The van der Waals surface area contributed by atoms with Gasteiger partial charge in [-0.1, -0.05) is 41.4 Å². The summed E-state index contributed by atoms with van der Waals surface area (Å²) in [7, 11) is -4.21. The summed E-state index contributed by atoms with van der Waals surface area (Å²) < 4.78 is 25.3.